The number of hydrogen-bond acceptors (Lipinski definition) is 5. The molecule has 1 unspecified atom stereocenters. The zero-order valence-corrected chi connectivity index (χ0v) is 13.8. The van der Waals surface area contributed by atoms with Gasteiger partial charge in [0.1, 0.15) is 23.4 Å². The molecular weight excluding hydrogens is 312 g/mol. The van der Waals surface area contributed by atoms with Gasteiger partial charge < -0.3 is 14.7 Å². The van der Waals surface area contributed by atoms with Crippen molar-refractivity contribution in [3.8, 4) is 5.75 Å². The summed E-state index contributed by atoms with van der Waals surface area (Å²) in [4.78, 5) is 17.1. The van der Waals surface area contributed by atoms with Crippen LogP contribution in [0, 0.1) is 0 Å². The molecule has 0 bridgehead atoms. The Kier molecular flexibility index (Phi) is 6.29. The van der Waals surface area contributed by atoms with Crippen molar-refractivity contribution in [1.29, 1.82) is 0 Å². The molecule has 0 aliphatic rings. The summed E-state index contributed by atoms with van der Waals surface area (Å²) in [5.74, 6) is 0.750. The Morgan fingerprint density at radius 3 is 2.65 bits per heavy atom. The van der Waals surface area contributed by atoms with Crippen LogP contribution in [0.5, 0.6) is 5.75 Å². The first kappa shape index (κ1) is 17.1. The molecule has 1 aromatic carbocycles. The number of hydrogen-bond donors (Lipinski definition) is 2. The smallest absolute Gasteiger partial charge is 0.316 e. The maximum atomic E-state index is 10.8. The van der Waals surface area contributed by atoms with Crippen LogP contribution < -0.4 is 9.64 Å². The molecule has 0 saturated heterocycles. The minimum absolute atomic E-state index is 0.390. The van der Waals surface area contributed by atoms with Crippen molar-refractivity contribution in [1.82, 2.24) is 4.98 Å². The molecule has 6 heteroatoms. The van der Waals surface area contributed by atoms with Crippen molar-refractivity contribution in [2.45, 2.75) is 11.7 Å². The molecule has 0 aliphatic carbocycles. The van der Waals surface area contributed by atoms with Crippen LogP contribution in [0.25, 0.3) is 0 Å². The second-order valence-corrected chi connectivity index (χ2v) is 5.78. The number of carboxylic acids is 1. The lowest BCUT2D eigenvalue weighted by molar-refractivity contribution is -0.136. The van der Waals surface area contributed by atoms with Gasteiger partial charge in [0.15, 0.2) is 0 Å². The fraction of sp³-hybridized carbons (Fsp3) is 0.294. The molecule has 0 radical (unpaired) electrons. The SMILES string of the molecule is CN(CCOc1ccc(CC(S)C(=O)O)cc1)c1ccccn1. The van der Waals surface area contributed by atoms with Gasteiger partial charge in [-0.3, -0.25) is 4.79 Å². The van der Waals surface area contributed by atoms with Crippen LogP contribution in [0.3, 0.4) is 0 Å². The molecule has 1 atom stereocenters. The van der Waals surface area contributed by atoms with E-state index >= 15 is 0 Å². The van der Waals surface area contributed by atoms with E-state index in [4.69, 9.17) is 9.84 Å². The number of aliphatic carboxylic acids is 1. The topological polar surface area (TPSA) is 62.7 Å². The van der Waals surface area contributed by atoms with Crippen molar-refractivity contribution < 1.29 is 14.6 Å². The van der Waals surface area contributed by atoms with Crippen LogP contribution in [-0.4, -0.2) is 41.5 Å². The number of aromatic nitrogens is 1. The standard InChI is InChI=1S/C17H20N2O3S/c1-19(16-4-2-3-9-18-16)10-11-22-14-7-5-13(6-8-14)12-15(23)17(20)21/h2-9,15,23H,10-12H2,1H3,(H,20,21). The zero-order valence-electron chi connectivity index (χ0n) is 12.9. The van der Waals surface area contributed by atoms with Gasteiger partial charge in [-0.05, 0) is 36.2 Å². The molecule has 0 amide bonds. The second kappa shape index (κ2) is 8.43. The Morgan fingerprint density at radius 1 is 1.30 bits per heavy atom. The van der Waals surface area contributed by atoms with Crippen molar-refractivity contribution in [2.75, 3.05) is 25.1 Å². The highest BCUT2D eigenvalue weighted by Gasteiger charge is 2.12. The van der Waals surface area contributed by atoms with E-state index in [-0.39, 0.29) is 0 Å². The van der Waals surface area contributed by atoms with Crippen molar-refractivity contribution in [3.05, 3.63) is 54.2 Å². The molecule has 23 heavy (non-hydrogen) atoms. The molecular formula is C17H20N2O3S. The number of ether oxygens (including phenoxy) is 1. The summed E-state index contributed by atoms with van der Waals surface area (Å²) < 4.78 is 5.70. The lowest BCUT2D eigenvalue weighted by Gasteiger charge is -2.18. The van der Waals surface area contributed by atoms with E-state index < -0.39 is 11.2 Å². The summed E-state index contributed by atoms with van der Waals surface area (Å²) >= 11 is 4.03. The van der Waals surface area contributed by atoms with Gasteiger partial charge in [-0.15, -0.1) is 0 Å². The summed E-state index contributed by atoms with van der Waals surface area (Å²) in [6, 6.07) is 13.2. The van der Waals surface area contributed by atoms with Gasteiger partial charge in [-0.2, -0.15) is 12.6 Å². The number of carboxylic acid groups (broad SMARTS) is 1. The van der Waals surface area contributed by atoms with Gasteiger partial charge in [-0.25, -0.2) is 4.98 Å². The molecule has 0 aliphatic heterocycles. The van der Waals surface area contributed by atoms with Crippen molar-refractivity contribution >= 4 is 24.4 Å². The Morgan fingerprint density at radius 2 is 2.04 bits per heavy atom. The first-order valence-corrected chi connectivity index (χ1v) is 7.82. The molecule has 122 valence electrons. The van der Waals surface area contributed by atoms with E-state index in [1.54, 1.807) is 6.20 Å². The maximum Gasteiger partial charge on any atom is 0.316 e. The first-order valence-electron chi connectivity index (χ1n) is 7.31. The lowest BCUT2D eigenvalue weighted by atomic mass is 10.1. The number of benzene rings is 1. The van der Waals surface area contributed by atoms with Crippen LogP contribution in [0.2, 0.25) is 0 Å². The fourth-order valence-corrected chi connectivity index (χ4v) is 2.24. The molecule has 2 aromatic rings. The van der Waals surface area contributed by atoms with Crippen molar-refractivity contribution in [2.24, 2.45) is 0 Å². The number of nitrogens with zero attached hydrogens (tertiary/aromatic N) is 2. The third-order valence-corrected chi connectivity index (χ3v) is 3.78. The summed E-state index contributed by atoms with van der Waals surface area (Å²) in [6.45, 7) is 1.26. The average Bonchev–Trinajstić information content (AvgIpc) is 2.57. The van der Waals surface area contributed by atoms with Gasteiger partial charge in [0.2, 0.25) is 0 Å². The molecule has 0 spiro atoms. The third-order valence-electron chi connectivity index (χ3n) is 3.37. The van der Waals surface area contributed by atoms with E-state index in [0.717, 1.165) is 23.7 Å². The molecule has 0 fully saturated rings. The van der Waals surface area contributed by atoms with Crippen LogP contribution in [-0.2, 0) is 11.2 Å². The van der Waals surface area contributed by atoms with Crippen LogP contribution in [0.4, 0.5) is 5.82 Å². The molecule has 2 rings (SSSR count). The normalized spacial score (nSPS) is 11.7. The number of anilines is 1. The highest BCUT2D eigenvalue weighted by atomic mass is 32.1. The van der Waals surface area contributed by atoms with E-state index in [9.17, 15) is 4.79 Å². The van der Waals surface area contributed by atoms with E-state index in [1.165, 1.54) is 0 Å². The van der Waals surface area contributed by atoms with Gasteiger partial charge in [0.25, 0.3) is 0 Å². The van der Waals surface area contributed by atoms with E-state index in [0.29, 0.717) is 13.0 Å². The third kappa shape index (κ3) is 5.49. The minimum atomic E-state index is -0.911. The summed E-state index contributed by atoms with van der Waals surface area (Å²) in [7, 11) is 1.97. The van der Waals surface area contributed by atoms with Gasteiger partial charge >= 0.3 is 5.97 Å². The number of rotatable bonds is 8. The van der Waals surface area contributed by atoms with Crippen LogP contribution in [0.15, 0.2) is 48.7 Å². The van der Waals surface area contributed by atoms with Crippen LogP contribution in [0.1, 0.15) is 5.56 Å². The fourth-order valence-electron chi connectivity index (χ4n) is 2.03. The number of pyridine rings is 1. The molecule has 0 saturated carbocycles. The lowest BCUT2D eigenvalue weighted by Crippen LogP contribution is -2.24. The van der Waals surface area contributed by atoms with E-state index in [1.807, 2.05) is 54.4 Å². The van der Waals surface area contributed by atoms with Gasteiger partial charge in [0.05, 0.1) is 6.54 Å². The highest BCUT2D eigenvalue weighted by Crippen LogP contribution is 2.15. The predicted octanol–water partition coefficient (Wildman–Crippen LogP) is 2.52. The monoisotopic (exact) mass is 332 g/mol. The Hall–Kier alpha value is -2.21. The Balaban J connectivity index is 1.79. The zero-order chi connectivity index (χ0) is 16.7. The number of carbonyl (C=O) groups is 1. The second-order valence-electron chi connectivity index (χ2n) is 5.16. The Bertz CT molecular complexity index is 619. The van der Waals surface area contributed by atoms with E-state index in [2.05, 4.69) is 17.6 Å². The summed E-state index contributed by atoms with van der Waals surface area (Å²) in [5.41, 5.74) is 0.922. The quantitative estimate of drug-likeness (QED) is 0.727. The average molecular weight is 332 g/mol. The highest BCUT2D eigenvalue weighted by molar-refractivity contribution is 7.81. The predicted molar refractivity (Wildman–Crippen MR) is 93.6 cm³/mol. The largest absolute Gasteiger partial charge is 0.492 e. The van der Waals surface area contributed by atoms with Gasteiger partial charge in [0, 0.05) is 13.2 Å². The first-order chi connectivity index (χ1) is 11.1. The Labute approximate surface area is 141 Å². The molecule has 1 N–H and O–H groups in total. The van der Waals surface area contributed by atoms with Gasteiger partial charge in [-0.1, -0.05) is 18.2 Å². The minimum Gasteiger partial charge on any atom is -0.492 e. The molecule has 1 heterocycles. The number of thiol groups is 1. The van der Waals surface area contributed by atoms with Crippen molar-refractivity contribution in [3.63, 3.8) is 0 Å². The molecule has 5 nitrogen and oxygen atoms in total. The summed E-state index contributed by atoms with van der Waals surface area (Å²) in [5, 5.41) is 8.16. The van der Waals surface area contributed by atoms with Crippen LogP contribution >= 0.6 is 12.6 Å². The maximum absolute atomic E-state index is 10.8. The number of likely N-dealkylation sites (N-methyl/N-ethyl adjacent to an activating group) is 1. The summed E-state index contributed by atoms with van der Waals surface area (Å²) in [6.07, 6.45) is 2.15. The molecule has 1 aromatic heterocycles.